The van der Waals surface area contributed by atoms with Gasteiger partial charge in [0.25, 0.3) is 0 Å². The molecule has 7 nitrogen and oxygen atoms in total. The second-order valence-electron chi connectivity index (χ2n) is 5.46. The zero-order chi connectivity index (χ0) is 19.5. The lowest BCUT2D eigenvalue weighted by Crippen LogP contribution is -2.37. The molecule has 1 heterocycles. The first-order valence-corrected chi connectivity index (χ1v) is 11.2. The molecule has 0 bridgehead atoms. The van der Waals surface area contributed by atoms with Crippen molar-refractivity contribution in [1.29, 1.82) is 0 Å². The number of aromatic nitrogens is 2. The molecule has 1 N–H and O–H groups in total. The average molecular weight is 439 g/mol. The summed E-state index contributed by atoms with van der Waals surface area (Å²) in [6, 6.07) is 3.42. The number of hydrogen-bond acceptors (Lipinski definition) is 7. The van der Waals surface area contributed by atoms with E-state index in [-0.39, 0.29) is 15.8 Å². The van der Waals surface area contributed by atoms with E-state index in [9.17, 15) is 17.6 Å². The lowest BCUT2D eigenvalue weighted by atomic mass is 10.3. The van der Waals surface area contributed by atoms with Crippen LogP contribution >= 0.6 is 34.7 Å². The highest BCUT2D eigenvalue weighted by molar-refractivity contribution is 8.01. The molecule has 0 saturated heterocycles. The van der Waals surface area contributed by atoms with Crippen LogP contribution in [0.4, 0.5) is 15.2 Å². The molecule has 0 aliphatic rings. The maximum atomic E-state index is 13.3. The monoisotopic (exact) mass is 438 g/mol. The molecule has 1 amide bonds. The second kappa shape index (κ2) is 8.51. The summed E-state index contributed by atoms with van der Waals surface area (Å²) in [4.78, 5) is 12.2. The van der Waals surface area contributed by atoms with E-state index < -0.39 is 28.3 Å². The van der Waals surface area contributed by atoms with Gasteiger partial charge in [0.2, 0.25) is 21.1 Å². The maximum absolute atomic E-state index is 13.3. The van der Waals surface area contributed by atoms with E-state index in [2.05, 4.69) is 15.5 Å². The minimum atomic E-state index is -3.79. The largest absolute Gasteiger partial charge is 0.299 e. The van der Waals surface area contributed by atoms with Crippen LogP contribution in [0.5, 0.6) is 0 Å². The van der Waals surface area contributed by atoms with Crippen molar-refractivity contribution >= 4 is 61.4 Å². The predicted molar refractivity (Wildman–Crippen MR) is 103 cm³/mol. The van der Waals surface area contributed by atoms with Gasteiger partial charge in [-0.15, -0.1) is 10.2 Å². The number of nitrogens with zero attached hydrogens (tertiary/aromatic N) is 3. The molecule has 0 atom stereocenters. The number of amides is 1. The van der Waals surface area contributed by atoms with Gasteiger partial charge in [-0.25, -0.2) is 12.8 Å². The standard InChI is InChI=1S/C14H16ClFN4O3S3/c1-8(2)24-14-19-18-13(25-14)17-12(21)7-20(26(3,22)23)9-4-5-11(16)10(15)6-9/h4-6,8H,7H2,1-3H3,(H,17,18,21). The average Bonchev–Trinajstić information content (AvgIpc) is 2.93. The smallest absolute Gasteiger partial charge is 0.246 e. The van der Waals surface area contributed by atoms with Crippen molar-refractivity contribution in [2.75, 3.05) is 22.4 Å². The van der Waals surface area contributed by atoms with E-state index in [1.165, 1.54) is 29.2 Å². The quantitative estimate of drug-likeness (QED) is 0.527. The zero-order valence-electron chi connectivity index (χ0n) is 14.1. The van der Waals surface area contributed by atoms with Crippen LogP contribution in [-0.4, -0.2) is 42.6 Å². The maximum Gasteiger partial charge on any atom is 0.246 e. The van der Waals surface area contributed by atoms with Crippen LogP contribution < -0.4 is 9.62 Å². The summed E-state index contributed by atoms with van der Waals surface area (Å²) in [5.74, 6) is -1.29. The predicted octanol–water partition coefficient (Wildman–Crippen LogP) is 3.24. The minimum absolute atomic E-state index is 0.0855. The van der Waals surface area contributed by atoms with Crippen LogP contribution in [0.3, 0.4) is 0 Å². The van der Waals surface area contributed by atoms with Gasteiger partial charge in [-0.1, -0.05) is 48.5 Å². The van der Waals surface area contributed by atoms with E-state index in [4.69, 9.17) is 11.6 Å². The van der Waals surface area contributed by atoms with Crippen LogP contribution in [0.1, 0.15) is 13.8 Å². The van der Waals surface area contributed by atoms with Crippen LogP contribution in [0.25, 0.3) is 0 Å². The third-order valence-electron chi connectivity index (χ3n) is 2.87. The van der Waals surface area contributed by atoms with Gasteiger partial charge in [-0.05, 0) is 18.2 Å². The van der Waals surface area contributed by atoms with Crippen LogP contribution in [0.2, 0.25) is 5.02 Å². The van der Waals surface area contributed by atoms with Crippen molar-refractivity contribution in [3.8, 4) is 0 Å². The van der Waals surface area contributed by atoms with Crippen molar-refractivity contribution in [1.82, 2.24) is 10.2 Å². The topological polar surface area (TPSA) is 92.3 Å². The fraction of sp³-hybridized carbons (Fsp3) is 0.357. The molecule has 2 rings (SSSR count). The van der Waals surface area contributed by atoms with Crippen molar-refractivity contribution in [3.63, 3.8) is 0 Å². The first-order chi connectivity index (χ1) is 12.1. The fourth-order valence-electron chi connectivity index (χ4n) is 1.84. The van der Waals surface area contributed by atoms with Gasteiger partial charge in [0.05, 0.1) is 17.0 Å². The zero-order valence-corrected chi connectivity index (χ0v) is 17.3. The van der Waals surface area contributed by atoms with Gasteiger partial charge in [0.15, 0.2) is 4.34 Å². The highest BCUT2D eigenvalue weighted by Gasteiger charge is 2.22. The molecule has 1 aromatic heterocycles. The Morgan fingerprint density at radius 3 is 2.69 bits per heavy atom. The molecule has 0 fully saturated rings. The van der Waals surface area contributed by atoms with Crippen LogP contribution in [0.15, 0.2) is 22.5 Å². The van der Waals surface area contributed by atoms with E-state index in [0.717, 1.165) is 22.7 Å². The number of carbonyl (C=O) groups is 1. The summed E-state index contributed by atoms with van der Waals surface area (Å²) in [6.07, 6.45) is 0.944. The number of sulfonamides is 1. The lowest BCUT2D eigenvalue weighted by molar-refractivity contribution is -0.114. The Morgan fingerprint density at radius 1 is 1.42 bits per heavy atom. The van der Waals surface area contributed by atoms with Gasteiger partial charge in [0, 0.05) is 5.25 Å². The summed E-state index contributed by atoms with van der Waals surface area (Å²) in [6.45, 7) is 3.50. The number of benzene rings is 1. The molecule has 2 aromatic rings. The van der Waals surface area contributed by atoms with Crippen molar-refractivity contribution < 1.29 is 17.6 Å². The van der Waals surface area contributed by atoms with Gasteiger partial charge in [-0.2, -0.15) is 0 Å². The summed E-state index contributed by atoms with van der Waals surface area (Å²) < 4.78 is 38.9. The summed E-state index contributed by atoms with van der Waals surface area (Å²) in [5.41, 5.74) is 0.0855. The molecular formula is C14H16ClFN4O3S3. The molecule has 0 aliphatic heterocycles. The number of thioether (sulfide) groups is 1. The lowest BCUT2D eigenvalue weighted by Gasteiger charge is -2.21. The Labute approximate surface area is 164 Å². The molecule has 0 spiro atoms. The second-order valence-corrected chi connectivity index (χ2v) is 10.6. The van der Waals surface area contributed by atoms with Gasteiger partial charge < -0.3 is 0 Å². The Bertz CT molecular complexity index is 905. The van der Waals surface area contributed by atoms with Crippen LogP contribution in [-0.2, 0) is 14.8 Å². The Morgan fingerprint density at radius 2 is 2.12 bits per heavy atom. The summed E-state index contributed by atoms with van der Waals surface area (Å²) in [7, 11) is -3.79. The highest BCUT2D eigenvalue weighted by Crippen LogP contribution is 2.29. The Hall–Kier alpha value is -1.43. The Kier molecular flexibility index (Phi) is 6.83. The number of halogens is 2. The number of rotatable bonds is 7. The number of hydrogen-bond donors (Lipinski definition) is 1. The Balaban J connectivity index is 2.14. The molecule has 0 unspecified atom stereocenters. The summed E-state index contributed by atoms with van der Waals surface area (Å²) in [5, 5.41) is 10.7. The minimum Gasteiger partial charge on any atom is -0.299 e. The van der Waals surface area contributed by atoms with Gasteiger partial charge >= 0.3 is 0 Å². The van der Waals surface area contributed by atoms with Crippen molar-refractivity contribution in [2.24, 2.45) is 0 Å². The molecule has 0 saturated carbocycles. The number of carbonyl (C=O) groups excluding carboxylic acids is 1. The van der Waals surface area contributed by atoms with Crippen LogP contribution in [0, 0.1) is 5.82 Å². The van der Waals surface area contributed by atoms with Gasteiger partial charge in [0.1, 0.15) is 12.4 Å². The van der Waals surface area contributed by atoms with E-state index in [1.807, 2.05) is 13.8 Å². The van der Waals surface area contributed by atoms with Crippen molar-refractivity contribution in [3.05, 3.63) is 29.0 Å². The molecule has 142 valence electrons. The SMILES string of the molecule is CC(C)Sc1nnc(NC(=O)CN(c2ccc(F)c(Cl)c2)S(C)(=O)=O)s1. The molecule has 26 heavy (non-hydrogen) atoms. The molecule has 0 aliphatic carbocycles. The molecule has 12 heteroatoms. The first-order valence-electron chi connectivity index (χ1n) is 7.29. The molecule has 1 aromatic carbocycles. The normalized spacial score (nSPS) is 11.6. The first kappa shape index (κ1) is 20.9. The molecule has 0 radical (unpaired) electrons. The summed E-state index contributed by atoms with van der Waals surface area (Å²) >= 11 is 8.40. The highest BCUT2D eigenvalue weighted by atomic mass is 35.5. The third kappa shape index (κ3) is 5.79. The van der Waals surface area contributed by atoms with Crippen molar-refractivity contribution in [2.45, 2.75) is 23.4 Å². The molecular weight excluding hydrogens is 423 g/mol. The van der Waals surface area contributed by atoms with E-state index in [1.54, 1.807) is 0 Å². The third-order valence-corrected chi connectivity index (χ3v) is 6.22. The number of nitrogens with one attached hydrogen (secondary N) is 1. The number of anilines is 2. The van der Waals surface area contributed by atoms with E-state index in [0.29, 0.717) is 9.59 Å². The fourth-order valence-corrected chi connectivity index (χ4v) is 4.85. The van der Waals surface area contributed by atoms with E-state index >= 15 is 0 Å². The van der Waals surface area contributed by atoms with Gasteiger partial charge in [-0.3, -0.25) is 14.4 Å².